The van der Waals surface area contributed by atoms with Crippen LogP contribution in [0, 0.1) is 5.92 Å². The number of carbonyl (C=O) groups is 1. The largest absolute Gasteiger partial charge is 0.445 e. The van der Waals surface area contributed by atoms with E-state index >= 15 is 0 Å². The Kier molecular flexibility index (Phi) is 3.95. The highest BCUT2D eigenvalue weighted by atomic mass is 16.6. The van der Waals surface area contributed by atoms with Gasteiger partial charge in [-0.1, -0.05) is 12.7 Å². The van der Waals surface area contributed by atoms with Gasteiger partial charge in [0, 0.05) is 13.6 Å². The van der Waals surface area contributed by atoms with Gasteiger partial charge in [-0.2, -0.15) is 0 Å². The molecule has 0 atom stereocenters. The van der Waals surface area contributed by atoms with Crippen molar-refractivity contribution in [3.8, 4) is 0 Å². The molecule has 1 fully saturated rings. The molecule has 14 heavy (non-hydrogen) atoms. The molecule has 1 aliphatic carbocycles. The van der Waals surface area contributed by atoms with Gasteiger partial charge in [-0.25, -0.2) is 4.79 Å². The van der Waals surface area contributed by atoms with Crippen molar-refractivity contribution in [1.29, 1.82) is 0 Å². The van der Waals surface area contributed by atoms with E-state index in [-0.39, 0.29) is 18.8 Å². The summed E-state index contributed by atoms with van der Waals surface area (Å²) in [6.45, 7) is 4.37. The van der Waals surface area contributed by atoms with E-state index in [1.165, 1.54) is 0 Å². The molecule has 1 aliphatic rings. The lowest BCUT2D eigenvalue weighted by Crippen LogP contribution is -2.39. The zero-order chi connectivity index (χ0) is 10.6. The molecular weight excluding hydrogens is 182 g/mol. The maximum Gasteiger partial charge on any atom is 0.409 e. The third-order valence-electron chi connectivity index (χ3n) is 2.38. The van der Waals surface area contributed by atoms with Gasteiger partial charge >= 0.3 is 6.09 Å². The summed E-state index contributed by atoms with van der Waals surface area (Å²) in [4.78, 5) is 12.8. The zero-order valence-corrected chi connectivity index (χ0v) is 8.48. The second kappa shape index (κ2) is 5.00. The van der Waals surface area contributed by atoms with Crippen LogP contribution in [0.4, 0.5) is 4.79 Å². The molecule has 0 aromatic carbocycles. The predicted molar refractivity (Wildman–Crippen MR) is 52.9 cm³/mol. The summed E-state index contributed by atoms with van der Waals surface area (Å²) in [6.07, 6.45) is 2.63. The Hall–Kier alpha value is -1.03. The van der Waals surface area contributed by atoms with E-state index in [1.807, 2.05) is 0 Å². The molecule has 0 aliphatic heterocycles. The Labute approximate surface area is 84.2 Å². The molecule has 1 N–H and O–H groups in total. The van der Waals surface area contributed by atoms with Crippen molar-refractivity contribution < 1.29 is 14.6 Å². The van der Waals surface area contributed by atoms with Crippen molar-refractivity contribution in [3.05, 3.63) is 12.7 Å². The Morgan fingerprint density at radius 3 is 2.86 bits per heavy atom. The summed E-state index contributed by atoms with van der Waals surface area (Å²) in [5, 5.41) is 9.06. The predicted octanol–water partition coefficient (Wildman–Crippen LogP) is 1.01. The number of carbonyl (C=O) groups excluding carboxylic acids is 1. The van der Waals surface area contributed by atoms with Crippen LogP contribution >= 0.6 is 0 Å². The molecular formula is C10H17NO3. The van der Waals surface area contributed by atoms with Crippen LogP contribution in [0.1, 0.15) is 12.8 Å². The van der Waals surface area contributed by atoms with Crippen LogP contribution in [0.25, 0.3) is 0 Å². The van der Waals surface area contributed by atoms with Crippen LogP contribution in [0.5, 0.6) is 0 Å². The highest BCUT2D eigenvalue weighted by molar-refractivity contribution is 5.67. The summed E-state index contributed by atoms with van der Waals surface area (Å²) in [5.74, 6) is 0.422. The Morgan fingerprint density at radius 1 is 1.71 bits per heavy atom. The molecule has 0 saturated heterocycles. The second-order valence-corrected chi connectivity index (χ2v) is 3.74. The molecule has 0 bridgehead atoms. The lowest BCUT2D eigenvalue weighted by molar-refractivity contribution is 0.0263. The molecule has 0 spiro atoms. The van der Waals surface area contributed by atoms with Gasteiger partial charge < -0.3 is 14.7 Å². The highest BCUT2D eigenvalue weighted by Gasteiger charge is 2.29. The lowest BCUT2D eigenvalue weighted by atomic mass is 9.82. The second-order valence-electron chi connectivity index (χ2n) is 3.74. The monoisotopic (exact) mass is 199 g/mol. The Morgan fingerprint density at radius 2 is 2.36 bits per heavy atom. The van der Waals surface area contributed by atoms with E-state index in [4.69, 9.17) is 9.84 Å². The fourth-order valence-electron chi connectivity index (χ4n) is 1.55. The highest BCUT2D eigenvalue weighted by Crippen LogP contribution is 2.27. The number of hydrogen-bond acceptors (Lipinski definition) is 3. The molecule has 0 aromatic heterocycles. The normalized spacial score (nSPS) is 25.0. The van der Waals surface area contributed by atoms with Crippen molar-refractivity contribution >= 4 is 6.09 Å². The Bertz CT molecular complexity index is 211. The summed E-state index contributed by atoms with van der Waals surface area (Å²) < 4.78 is 4.86. The quantitative estimate of drug-likeness (QED) is 0.687. The van der Waals surface area contributed by atoms with Crippen LogP contribution in [0.15, 0.2) is 12.7 Å². The summed E-state index contributed by atoms with van der Waals surface area (Å²) in [7, 11) is 1.70. The third-order valence-corrected chi connectivity index (χ3v) is 2.38. The zero-order valence-electron chi connectivity index (χ0n) is 8.48. The van der Waals surface area contributed by atoms with Crippen LogP contribution in [-0.4, -0.2) is 42.4 Å². The van der Waals surface area contributed by atoms with E-state index in [2.05, 4.69) is 6.58 Å². The average molecular weight is 199 g/mol. The first-order valence-electron chi connectivity index (χ1n) is 4.80. The molecule has 4 nitrogen and oxygen atoms in total. The maximum atomic E-state index is 11.3. The molecule has 0 aromatic rings. The molecule has 1 saturated carbocycles. The van der Waals surface area contributed by atoms with Gasteiger partial charge in [-0.3, -0.25) is 0 Å². The molecule has 1 amide bonds. The van der Waals surface area contributed by atoms with Gasteiger partial charge in [-0.15, -0.1) is 0 Å². The van der Waals surface area contributed by atoms with Gasteiger partial charge in [0.15, 0.2) is 0 Å². The van der Waals surface area contributed by atoms with E-state index in [9.17, 15) is 4.79 Å². The molecule has 0 radical (unpaired) electrons. The van der Waals surface area contributed by atoms with Crippen LogP contribution in [0.2, 0.25) is 0 Å². The van der Waals surface area contributed by atoms with Crippen LogP contribution in [0.3, 0.4) is 0 Å². The van der Waals surface area contributed by atoms with E-state index in [0.29, 0.717) is 12.5 Å². The summed E-state index contributed by atoms with van der Waals surface area (Å²) >= 11 is 0. The van der Waals surface area contributed by atoms with Gasteiger partial charge in [0.1, 0.15) is 6.61 Å². The topological polar surface area (TPSA) is 49.8 Å². The first-order valence-corrected chi connectivity index (χ1v) is 4.80. The van der Waals surface area contributed by atoms with Gasteiger partial charge in [0.05, 0.1) is 6.10 Å². The average Bonchev–Trinajstić information content (AvgIpc) is 2.11. The van der Waals surface area contributed by atoms with Gasteiger partial charge in [-0.05, 0) is 18.8 Å². The van der Waals surface area contributed by atoms with E-state index in [1.54, 1.807) is 18.0 Å². The van der Waals surface area contributed by atoms with Crippen molar-refractivity contribution in [3.63, 3.8) is 0 Å². The summed E-state index contributed by atoms with van der Waals surface area (Å²) in [5.41, 5.74) is 0. The minimum Gasteiger partial charge on any atom is -0.445 e. The fraction of sp³-hybridized carbons (Fsp3) is 0.700. The van der Waals surface area contributed by atoms with Gasteiger partial charge in [0.25, 0.3) is 0 Å². The molecule has 80 valence electrons. The SMILES string of the molecule is C=CCOC(=O)N(C)CC1CC(O)C1. The number of amides is 1. The van der Waals surface area contributed by atoms with Crippen molar-refractivity contribution in [1.82, 2.24) is 4.90 Å². The van der Waals surface area contributed by atoms with Crippen molar-refractivity contribution in [2.75, 3.05) is 20.2 Å². The van der Waals surface area contributed by atoms with E-state index < -0.39 is 0 Å². The first-order chi connectivity index (χ1) is 6.63. The standard InChI is InChI=1S/C10H17NO3/c1-3-4-14-10(13)11(2)7-8-5-9(12)6-8/h3,8-9,12H,1,4-7H2,2H3. The van der Waals surface area contributed by atoms with Crippen LogP contribution in [-0.2, 0) is 4.74 Å². The van der Waals surface area contributed by atoms with Gasteiger partial charge in [0.2, 0.25) is 0 Å². The number of hydrogen-bond donors (Lipinski definition) is 1. The smallest absolute Gasteiger partial charge is 0.409 e. The minimum atomic E-state index is -0.328. The van der Waals surface area contributed by atoms with Crippen molar-refractivity contribution in [2.24, 2.45) is 5.92 Å². The fourth-order valence-corrected chi connectivity index (χ4v) is 1.55. The van der Waals surface area contributed by atoms with Crippen LogP contribution < -0.4 is 0 Å². The number of aliphatic hydroxyl groups is 1. The number of ether oxygens (including phenoxy) is 1. The third kappa shape index (κ3) is 3.03. The number of nitrogens with zero attached hydrogens (tertiary/aromatic N) is 1. The lowest BCUT2D eigenvalue weighted by Gasteiger charge is -2.33. The maximum absolute atomic E-state index is 11.3. The minimum absolute atomic E-state index is 0.169. The summed E-state index contributed by atoms with van der Waals surface area (Å²) in [6, 6.07) is 0. The first kappa shape index (κ1) is 11.0. The van der Waals surface area contributed by atoms with E-state index in [0.717, 1.165) is 12.8 Å². The molecule has 1 rings (SSSR count). The molecule has 0 unspecified atom stereocenters. The Balaban J connectivity index is 2.17. The van der Waals surface area contributed by atoms with Crippen molar-refractivity contribution in [2.45, 2.75) is 18.9 Å². The number of rotatable bonds is 4. The number of aliphatic hydroxyl groups excluding tert-OH is 1. The molecule has 0 heterocycles. The molecule has 4 heteroatoms.